The Morgan fingerprint density at radius 3 is 1.19 bits per heavy atom. The summed E-state index contributed by atoms with van der Waals surface area (Å²) in [5, 5.41) is 0. The Morgan fingerprint density at radius 1 is 0.714 bits per heavy atom. The molecule has 118 valence electrons. The first-order chi connectivity index (χ1) is 9.99. The number of hydrogen-bond donors (Lipinski definition) is 2. The van der Waals surface area contributed by atoms with E-state index in [1.807, 2.05) is 0 Å². The van der Waals surface area contributed by atoms with Crippen LogP contribution in [0, 0.1) is 11.6 Å². The fraction of sp³-hybridized carbons (Fsp3) is 0.143. The second kappa shape index (κ2) is 9.49. The maximum atomic E-state index is 12.8. The van der Waals surface area contributed by atoms with Crippen molar-refractivity contribution in [2.75, 3.05) is 0 Å². The fourth-order valence-corrected chi connectivity index (χ4v) is 1.78. The van der Waals surface area contributed by atoms with E-state index in [1.165, 1.54) is 24.3 Å². The minimum atomic E-state index is -0.472. The molecular weight excluding hydrogens is 500 g/mol. The SMILES string of the molecule is N[C@H](c1ccc(F)cc1)[C@@H](N)c1ccc(F)cc1.[Cl][Pt][Cl]. The maximum absolute atomic E-state index is 12.8. The molecule has 2 rings (SSSR count). The molecule has 0 aliphatic rings. The molecule has 2 atom stereocenters. The Kier molecular flexibility index (Phi) is 8.38. The third-order valence-electron chi connectivity index (χ3n) is 2.90. The Bertz CT molecular complexity index is 488. The van der Waals surface area contributed by atoms with Crippen molar-refractivity contribution in [2.24, 2.45) is 11.5 Å². The molecule has 2 aromatic carbocycles. The van der Waals surface area contributed by atoms with Gasteiger partial charge in [0, 0.05) is 12.1 Å². The summed E-state index contributed by atoms with van der Waals surface area (Å²) in [7, 11) is 9.75. The van der Waals surface area contributed by atoms with Crippen LogP contribution in [0.3, 0.4) is 0 Å². The van der Waals surface area contributed by atoms with Crippen LogP contribution in [0.5, 0.6) is 0 Å². The second-order valence-corrected chi connectivity index (χ2v) is 7.48. The van der Waals surface area contributed by atoms with Gasteiger partial charge >= 0.3 is 35.3 Å². The van der Waals surface area contributed by atoms with Crippen LogP contribution in [-0.2, 0) is 16.5 Å². The Balaban J connectivity index is 0.000000677. The van der Waals surface area contributed by atoms with Crippen molar-refractivity contribution < 1.29 is 25.3 Å². The van der Waals surface area contributed by atoms with Gasteiger partial charge in [0.1, 0.15) is 11.6 Å². The average Bonchev–Trinajstić information content (AvgIpc) is 2.48. The standard InChI is InChI=1S/C14H14F2N2.2ClH.Pt/c15-11-5-1-9(2-6-11)13(17)14(18)10-3-7-12(16)8-4-10;;;/h1-8,13-14H,17-18H2;2*1H;/q;;;+2/p-2/t13-,14+;;;. The van der Waals surface area contributed by atoms with Crippen molar-refractivity contribution in [1.82, 2.24) is 0 Å². The molecule has 0 spiro atoms. The van der Waals surface area contributed by atoms with E-state index in [2.05, 4.69) is 0 Å². The van der Waals surface area contributed by atoms with Crippen molar-refractivity contribution in [3.8, 4) is 0 Å². The van der Waals surface area contributed by atoms with E-state index in [0.717, 1.165) is 11.1 Å². The van der Waals surface area contributed by atoms with Gasteiger partial charge in [0.2, 0.25) is 0 Å². The van der Waals surface area contributed by atoms with Crippen LogP contribution in [0.15, 0.2) is 48.5 Å². The number of benzene rings is 2. The van der Waals surface area contributed by atoms with Crippen molar-refractivity contribution in [2.45, 2.75) is 12.1 Å². The van der Waals surface area contributed by atoms with Gasteiger partial charge in [-0.25, -0.2) is 8.78 Å². The van der Waals surface area contributed by atoms with Crippen LogP contribution in [0.1, 0.15) is 23.2 Å². The molecule has 4 N–H and O–H groups in total. The normalized spacial score (nSPS) is 13.2. The third-order valence-corrected chi connectivity index (χ3v) is 2.90. The summed E-state index contributed by atoms with van der Waals surface area (Å²) in [5.41, 5.74) is 13.5. The summed E-state index contributed by atoms with van der Waals surface area (Å²) < 4.78 is 25.6. The van der Waals surface area contributed by atoms with Gasteiger partial charge in [-0.05, 0) is 35.4 Å². The van der Waals surface area contributed by atoms with Crippen LogP contribution < -0.4 is 11.5 Å². The Hall–Kier alpha value is -0.512. The monoisotopic (exact) mass is 513 g/mol. The number of nitrogens with two attached hydrogens (primary N) is 2. The van der Waals surface area contributed by atoms with Gasteiger partial charge in [0.05, 0.1) is 0 Å². The topological polar surface area (TPSA) is 52.0 Å². The van der Waals surface area contributed by atoms with E-state index in [-0.39, 0.29) is 11.6 Å². The molecule has 0 fully saturated rings. The third kappa shape index (κ3) is 6.01. The molecule has 21 heavy (non-hydrogen) atoms. The number of halogens is 4. The van der Waals surface area contributed by atoms with Crippen molar-refractivity contribution in [1.29, 1.82) is 0 Å². The molecule has 0 unspecified atom stereocenters. The van der Waals surface area contributed by atoms with Gasteiger partial charge < -0.3 is 11.5 Å². The van der Waals surface area contributed by atoms with Crippen LogP contribution in [-0.4, -0.2) is 0 Å². The number of hydrogen-bond acceptors (Lipinski definition) is 2. The molecule has 2 nitrogen and oxygen atoms in total. The molecular formula is C14H14Cl2F2N2Pt. The zero-order valence-electron chi connectivity index (χ0n) is 10.8. The zero-order chi connectivity index (χ0) is 15.8. The van der Waals surface area contributed by atoms with Crippen LogP contribution in [0.25, 0.3) is 0 Å². The molecule has 0 saturated heterocycles. The van der Waals surface area contributed by atoms with Crippen molar-refractivity contribution >= 4 is 18.8 Å². The summed E-state index contributed by atoms with van der Waals surface area (Å²) in [6, 6.07) is 10.8. The first-order valence-corrected chi connectivity index (χ1v) is 11.5. The molecule has 0 aliphatic carbocycles. The van der Waals surface area contributed by atoms with Crippen molar-refractivity contribution in [3.05, 3.63) is 71.3 Å². The summed E-state index contributed by atoms with van der Waals surface area (Å²) in [6.07, 6.45) is 0. The molecule has 0 bridgehead atoms. The van der Waals surface area contributed by atoms with Crippen LogP contribution in [0.2, 0.25) is 0 Å². The van der Waals surface area contributed by atoms with Crippen LogP contribution in [0.4, 0.5) is 8.78 Å². The molecule has 7 heteroatoms. The predicted octanol–water partition coefficient (Wildman–Crippen LogP) is 4.04. The second-order valence-electron chi connectivity index (χ2n) is 4.20. The molecule has 0 saturated carbocycles. The summed E-state index contributed by atoms with van der Waals surface area (Å²) >= 11 is -0.472. The minimum absolute atomic E-state index is 0.318. The quantitative estimate of drug-likeness (QED) is 0.650. The van der Waals surface area contributed by atoms with E-state index in [0.29, 0.717) is 0 Å². The van der Waals surface area contributed by atoms with Gasteiger partial charge in [-0.2, -0.15) is 0 Å². The van der Waals surface area contributed by atoms with Gasteiger partial charge in [-0.3, -0.25) is 0 Å². The average molecular weight is 514 g/mol. The fourth-order valence-electron chi connectivity index (χ4n) is 1.78. The summed E-state index contributed by atoms with van der Waals surface area (Å²) in [5.74, 6) is -0.636. The van der Waals surface area contributed by atoms with Gasteiger partial charge in [-0.15, -0.1) is 0 Å². The van der Waals surface area contributed by atoms with E-state index in [4.69, 9.17) is 30.3 Å². The van der Waals surface area contributed by atoms with Gasteiger partial charge in [0.15, 0.2) is 0 Å². The zero-order valence-corrected chi connectivity index (χ0v) is 14.5. The summed E-state index contributed by atoms with van der Waals surface area (Å²) in [6.45, 7) is 0. The van der Waals surface area contributed by atoms with Gasteiger partial charge in [0.25, 0.3) is 0 Å². The van der Waals surface area contributed by atoms with E-state index >= 15 is 0 Å². The first-order valence-electron chi connectivity index (χ1n) is 5.84. The van der Waals surface area contributed by atoms with Crippen molar-refractivity contribution in [3.63, 3.8) is 0 Å². The summed E-state index contributed by atoms with van der Waals surface area (Å²) in [4.78, 5) is 0. The van der Waals surface area contributed by atoms with Gasteiger partial charge in [-0.1, -0.05) is 24.3 Å². The van der Waals surface area contributed by atoms with E-state index in [9.17, 15) is 8.78 Å². The molecule has 0 aliphatic heterocycles. The Morgan fingerprint density at radius 2 is 0.952 bits per heavy atom. The first kappa shape index (κ1) is 18.5. The molecule has 2 aromatic rings. The molecule has 0 amide bonds. The van der Waals surface area contributed by atoms with E-state index < -0.39 is 28.6 Å². The number of rotatable bonds is 3. The molecule has 0 radical (unpaired) electrons. The molecule has 0 aromatic heterocycles. The van der Waals surface area contributed by atoms with Crippen LogP contribution >= 0.6 is 18.8 Å². The molecule has 0 heterocycles. The Labute approximate surface area is 138 Å². The van der Waals surface area contributed by atoms with E-state index in [1.54, 1.807) is 24.3 Å². The predicted molar refractivity (Wildman–Crippen MR) is 78.4 cm³/mol.